The van der Waals surface area contributed by atoms with Gasteiger partial charge in [0.15, 0.2) is 10.6 Å². The summed E-state index contributed by atoms with van der Waals surface area (Å²) in [5.74, 6) is 1.33. The first-order valence-corrected chi connectivity index (χ1v) is 9.74. The first kappa shape index (κ1) is 18.8. The molecule has 1 saturated carbocycles. The minimum absolute atomic E-state index is 0.174. The van der Waals surface area contributed by atoms with E-state index in [4.69, 9.17) is 22.1 Å². The predicted octanol–water partition coefficient (Wildman–Crippen LogP) is 4.39. The summed E-state index contributed by atoms with van der Waals surface area (Å²) in [5.41, 5.74) is 1.59. The molecule has 146 valence electrons. The van der Waals surface area contributed by atoms with Crippen LogP contribution in [0.1, 0.15) is 18.4 Å². The molecule has 1 aliphatic rings. The first-order valence-electron chi connectivity index (χ1n) is 9.33. The van der Waals surface area contributed by atoms with Crippen molar-refractivity contribution in [2.75, 3.05) is 7.11 Å². The molecule has 0 spiro atoms. The summed E-state index contributed by atoms with van der Waals surface area (Å²) in [5, 5.41) is 4.76. The number of benzene rings is 2. The van der Waals surface area contributed by atoms with Crippen LogP contribution in [-0.4, -0.2) is 32.4 Å². The van der Waals surface area contributed by atoms with Crippen molar-refractivity contribution in [1.29, 1.82) is 0 Å². The molecule has 0 N–H and O–H groups in total. The van der Waals surface area contributed by atoms with Crippen molar-refractivity contribution < 1.29 is 9.13 Å². The summed E-state index contributed by atoms with van der Waals surface area (Å²) in [6.07, 6.45) is 2.24. The van der Waals surface area contributed by atoms with E-state index < -0.39 is 0 Å². The summed E-state index contributed by atoms with van der Waals surface area (Å²) in [6.45, 7) is 1.07. The van der Waals surface area contributed by atoms with Gasteiger partial charge < -0.3 is 9.30 Å². The average molecular weight is 399 g/mol. The molecular weight excluding hydrogens is 375 g/mol. The zero-order valence-electron chi connectivity index (χ0n) is 16.0. The fourth-order valence-corrected chi connectivity index (χ4v) is 3.58. The molecule has 0 radical (unpaired) electrons. The van der Waals surface area contributed by atoms with Crippen LogP contribution < -0.4 is 4.74 Å². The molecule has 0 amide bonds. The normalized spacial score (nSPS) is 13.9. The summed E-state index contributed by atoms with van der Waals surface area (Å²) >= 11 is 5.63. The van der Waals surface area contributed by atoms with Gasteiger partial charge in [-0.15, -0.1) is 0 Å². The number of ether oxygens (including phenoxy) is 1. The highest BCUT2D eigenvalue weighted by atomic mass is 32.1. The third-order valence-corrected chi connectivity index (χ3v) is 5.58. The molecule has 7 heteroatoms. The number of aromatic nitrogens is 3. The van der Waals surface area contributed by atoms with Crippen LogP contribution in [0.15, 0.2) is 48.5 Å². The van der Waals surface area contributed by atoms with Crippen LogP contribution in [0.25, 0.3) is 11.4 Å². The van der Waals surface area contributed by atoms with Crippen molar-refractivity contribution in [3.05, 3.63) is 64.7 Å². The maximum atomic E-state index is 14.1. The van der Waals surface area contributed by atoms with E-state index in [9.17, 15) is 4.39 Å². The summed E-state index contributed by atoms with van der Waals surface area (Å²) in [6, 6.07) is 15.1. The molecule has 28 heavy (non-hydrogen) atoms. The quantitative estimate of drug-likeness (QED) is 0.553. The third-order valence-electron chi connectivity index (χ3n) is 5.10. The maximum absolute atomic E-state index is 14.1. The second kappa shape index (κ2) is 7.85. The Morgan fingerprint density at radius 2 is 1.89 bits per heavy atom. The molecule has 0 bridgehead atoms. The summed E-state index contributed by atoms with van der Waals surface area (Å²) in [7, 11) is 3.56. The highest BCUT2D eigenvalue weighted by Crippen LogP contribution is 2.31. The van der Waals surface area contributed by atoms with Crippen molar-refractivity contribution in [2.24, 2.45) is 7.05 Å². The van der Waals surface area contributed by atoms with E-state index in [1.54, 1.807) is 13.2 Å². The Morgan fingerprint density at radius 3 is 2.61 bits per heavy atom. The fourth-order valence-electron chi connectivity index (χ4n) is 3.40. The molecule has 4 rings (SSSR count). The molecular formula is C21H23FN4OS. The van der Waals surface area contributed by atoms with Gasteiger partial charge in [0.25, 0.3) is 0 Å². The van der Waals surface area contributed by atoms with Crippen molar-refractivity contribution in [3.8, 4) is 17.1 Å². The van der Waals surface area contributed by atoms with Crippen molar-refractivity contribution in [2.45, 2.75) is 32.1 Å². The van der Waals surface area contributed by atoms with Gasteiger partial charge in [-0.3, -0.25) is 4.90 Å². The van der Waals surface area contributed by atoms with E-state index >= 15 is 0 Å². The fraction of sp³-hybridized carbons (Fsp3) is 0.333. The van der Waals surface area contributed by atoms with Crippen LogP contribution in [0, 0.1) is 10.6 Å². The minimum Gasteiger partial charge on any atom is -0.496 e. The van der Waals surface area contributed by atoms with Gasteiger partial charge in [-0.25, -0.2) is 9.07 Å². The molecule has 5 nitrogen and oxygen atoms in total. The zero-order valence-corrected chi connectivity index (χ0v) is 16.8. The number of methoxy groups -OCH3 is 1. The molecule has 0 aliphatic heterocycles. The van der Waals surface area contributed by atoms with E-state index in [1.807, 2.05) is 52.7 Å². The lowest BCUT2D eigenvalue weighted by atomic mass is 10.2. The van der Waals surface area contributed by atoms with Gasteiger partial charge in [-0.1, -0.05) is 30.3 Å². The monoisotopic (exact) mass is 398 g/mol. The van der Waals surface area contributed by atoms with E-state index in [-0.39, 0.29) is 5.82 Å². The predicted molar refractivity (Wildman–Crippen MR) is 109 cm³/mol. The van der Waals surface area contributed by atoms with Gasteiger partial charge >= 0.3 is 0 Å². The Labute approximate surface area is 169 Å². The van der Waals surface area contributed by atoms with Crippen molar-refractivity contribution in [1.82, 2.24) is 19.2 Å². The van der Waals surface area contributed by atoms with Gasteiger partial charge in [0.1, 0.15) is 11.6 Å². The molecule has 1 heterocycles. The van der Waals surface area contributed by atoms with E-state index in [2.05, 4.69) is 4.90 Å². The third kappa shape index (κ3) is 3.72. The lowest BCUT2D eigenvalue weighted by Gasteiger charge is -2.22. The van der Waals surface area contributed by atoms with Crippen LogP contribution >= 0.6 is 12.2 Å². The molecule has 3 aromatic rings. The van der Waals surface area contributed by atoms with Crippen LogP contribution in [0.3, 0.4) is 0 Å². The standard InChI is InChI=1S/C21H23FN4OS/c1-24-20(17-8-4-6-10-19(17)27-2)23-26(21(24)28)14-25(16-11-12-16)13-15-7-3-5-9-18(15)22/h3-10,16H,11-14H2,1-2H3. The number of rotatable bonds is 7. The van der Waals surface area contributed by atoms with Crippen LogP contribution in [0.5, 0.6) is 5.75 Å². The highest BCUT2D eigenvalue weighted by Gasteiger charge is 2.30. The van der Waals surface area contributed by atoms with Gasteiger partial charge in [0.05, 0.1) is 19.3 Å². The van der Waals surface area contributed by atoms with Gasteiger partial charge in [-0.05, 0) is 43.3 Å². The molecule has 1 aromatic heterocycles. The molecule has 1 fully saturated rings. The number of hydrogen-bond acceptors (Lipinski definition) is 4. The van der Waals surface area contributed by atoms with E-state index in [0.717, 1.165) is 30.0 Å². The Hall–Kier alpha value is -2.51. The number of hydrogen-bond donors (Lipinski definition) is 0. The second-order valence-electron chi connectivity index (χ2n) is 7.08. The summed E-state index contributed by atoms with van der Waals surface area (Å²) in [4.78, 5) is 2.24. The Balaban J connectivity index is 1.64. The average Bonchev–Trinajstić information content (AvgIpc) is 3.52. The van der Waals surface area contributed by atoms with Crippen molar-refractivity contribution in [3.63, 3.8) is 0 Å². The lowest BCUT2D eigenvalue weighted by molar-refractivity contribution is 0.184. The molecule has 0 unspecified atom stereocenters. The van der Waals surface area contributed by atoms with Crippen LogP contribution in [0.2, 0.25) is 0 Å². The zero-order chi connectivity index (χ0) is 19.7. The van der Waals surface area contributed by atoms with Crippen LogP contribution in [0.4, 0.5) is 4.39 Å². The second-order valence-corrected chi connectivity index (χ2v) is 7.44. The highest BCUT2D eigenvalue weighted by molar-refractivity contribution is 7.71. The van der Waals surface area contributed by atoms with Crippen molar-refractivity contribution >= 4 is 12.2 Å². The number of nitrogens with zero attached hydrogens (tertiary/aromatic N) is 4. The van der Waals surface area contributed by atoms with Gasteiger partial charge in [0.2, 0.25) is 0 Å². The van der Waals surface area contributed by atoms with E-state index in [0.29, 0.717) is 29.6 Å². The van der Waals surface area contributed by atoms with Crippen LogP contribution in [-0.2, 0) is 20.3 Å². The largest absolute Gasteiger partial charge is 0.496 e. The van der Waals surface area contributed by atoms with Gasteiger partial charge in [-0.2, -0.15) is 5.10 Å². The topological polar surface area (TPSA) is 35.2 Å². The maximum Gasteiger partial charge on any atom is 0.199 e. The minimum atomic E-state index is -0.174. The lowest BCUT2D eigenvalue weighted by Crippen LogP contribution is -2.29. The smallest absolute Gasteiger partial charge is 0.199 e. The Bertz CT molecular complexity index is 1040. The number of halogens is 1. The molecule has 0 atom stereocenters. The summed E-state index contributed by atoms with van der Waals surface area (Å²) < 4.78 is 23.9. The van der Waals surface area contributed by atoms with Gasteiger partial charge in [0, 0.05) is 25.2 Å². The SMILES string of the molecule is COc1ccccc1-c1nn(CN(Cc2ccccc2F)C2CC2)c(=S)n1C. The van der Waals surface area contributed by atoms with E-state index in [1.165, 1.54) is 6.07 Å². The molecule has 1 aliphatic carbocycles. The molecule has 0 saturated heterocycles. The Morgan fingerprint density at radius 1 is 1.18 bits per heavy atom. The first-order chi connectivity index (χ1) is 13.6. The molecule has 2 aromatic carbocycles. The number of para-hydroxylation sites is 1. The Kier molecular flexibility index (Phi) is 5.28.